The highest BCUT2D eigenvalue weighted by Gasteiger charge is 2.21. The SMILES string of the molecule is CC[C@@H](Oc1cccc2ccccc12)C(=O)Nc1cc(Cl)ccc1OC. The molecule has 0 heterocycles. The largest absolute Gasteiger partial charge is 0.495 e. The maximum absolute atomic E-state index is 12.7. The molecule has 0 bridgehead atoms. The van der Waals surface area contributed by atoms with Crippen LogP contribution in [0.4, 0.5) is 5.69 Å². The van der Waals surface area contributed by atoms with Crippen LogP contribution < -0.4 is 14.8 Å². The van der Waals surface area contributed by atoms with Crippen molar-refractivity contribution in [3.63, 3.8) is 0 Å². The van der Waals surface area contributed by atoms with E-state index in [0.717, 1.165) is 10.8 Å². The maximum atomic E-state index is 12.7. The van der Waals surface area contributed by atoms with Gasteiger partial charge in [-0.25, -0.2) is 0 Å². The number of anilines is 1. The van der Waals surface area contributed by atoms with Crippen molar-refractivity contribution >= 4 is 34.0 Å². The first-order valence-electron chi connectivity index (χ1n) is 8.41. The number of methoxy groups -OCH3 is 1. The standard InChI is InChI=1S/C21H20ClNO3/c1-3-18(21(24)23-17-13-15(22)11-12-20(17)25-2)26-19-10-6-8-14-7-4-5-9-16(14)19/h4-13,18H,3H2,1-2H3,(H,23,24)/t18-/m1/s1. The van der Waals surface area contributed by atoms with E-state index in [-0.39, 0.29) is 5.91 Å². The minimum absolute atomic E-state index is 0.249. The summed E-state index contributed by atoms with van der Waals surface area (Å²) in [6.07, 6.45) is -0.109. The van der Waals surface area contributed by atoms with Gasteiger partial charge in [-0.05, 0) is 36.1 Å². The third kappa shape index (κ3) is 3.92. The Morgan fingerprint density at radius 2 is 1.85 bits per heavy atom. The molecule has 0 aliphatic carbocycles. The van der Waals surface area contributed by atoms with Gasteiger partial charge in [0.15, 0.2) is 6.10 Å². The van der Waals surface area contributed by atoms with Crippen LogP contribution in [0, 0.1) is 0 Å². The number of halogens is 1. The normalized spacial score (nSPS) is 11.8. The minimum atomic E-state index is -0.635. The molecule has 1 atom stereocenters. The Morgan fingerprint density at radius 1 is 1.08 bits per heavy atom. The van der Waals surface area contributed by atoms with E-state index in [4.69, 9.17) is 21.1 Å². The average molecular weight is 370 g/mol. The van der Waals surface area contributed by atoms with Gasteiger partial charge in [0.05, 0.1) is 12.8 Å². The summed E-state index contributed by atoms with van der Waals surface area (Å²) in [6.45, 7) is 1.91. The van der Waals surface area contributed by atoms with Gasteiger partial charge in [0.2, 0.25) is 0 Å². The van der Waals surface area contributed by atoms with Crippen molar-refractivity contribution in [2.24, 2.45) is 0 Å². The molecule has 3 rings (SSSR count). The van der Waals surface area contributed by atoms with E-state index >= 15 is 0 Å². The van der Waals surface area contributed by atoms with Gasteiger partial charge < -0.3 is 14.8 Å². The Labute approximate surface area is 157 Å². The highest BCUT2D eigenvalue weighted by molar-refractivity contribution is 6.31. The highest BCUT2D eigenvalue weighted by Crippen LogP contribution is 2.29. The van der Waals surface area contributed by atoms with Gasteiger partial charge in [0.25, 0.3) is 5.91 Å². The summed E-state index contributed by atoms with van der Waals surface area (Å²) in [6, 6.07) is 18.8. The topological polar surface area (TPSA) is 47.6 Å². The van der Waals surface area contributed by atoms with Crippen molar-refractivity contribution in [2.75, 3.05) is 12.4 Å². The predicted octanol–water partition coefficient (Wildman–Crippen LogP) is 5.30. The van der Waals surface area contributed by atoms with Crippen LogP contribution in [0.3, 0.4) is 0 Å². The van der Waals surface area contributed by atoms with Gasteiger partial charge in [0.1, 0.15) is 11.5 Å². The van der Waals surface area contributed by atoms with E-state index in [2.05, 4.69) is 5.32 Å². The minimum Gasteiger partial charge on any atom is -0.495 e. The molecule has 1 N–H and O–H groups in total. The predicted molar refractivity (Wildman–Crippen MR) is 105 cm³/mol. The fraction of sp³-hybridized carbons (Fsp3) is 0.190. The van der Waals surface area contributed by atoms with Crippen LogP contribution in [0.1, 0.15) is 13.3 Å². The maximum Gasteiger partial charge on any atom is 0.265 e. The molecule has 26 heavy (non-hydrogen) atoms. The van der Waals surface area contributed by atoms with Crippen LogP contribution in [0.25, 0.3) is 10.8 Å². The zero-order valence-corrected chi connectivity index (χ0v) is 15.4. The summed E-state index contributed by atoms with van der Waals surface area (Å²) in [5.41, 5.74) is 0.518. The molecule has 0 unspecified atom stereocenters. The first kappa shape index (κ1) is 18.1. The van der Waals surface area contributed by atoms with Crippen molar-refractivity contribution in [3.05, 3.63) is 65.7 Å². The number of fused-ring (bicyclic) bond motifs is 1. The molecule has 0 saturated heterocycles. The molecule has 0 aromatic heterocycles. The Kier molecular flexibility index (Phi) is 5.64. The summed E-state index contributed by atoms with van der Waals surface area (Å²) in [4.78, 5) is 12.7. The second-order valence-corrected chi connectivity index (χ2v) is 6.26. The smallest absolute Gasteiger partial charge is 0.265 e. The number of benzene rings is 3. The van der Waals surface area contributed by atoms with Crippen LogP contribution in [-0.4, -0.2) is 19.1 Å². The van der Waals surface area contributed by atoms with Crippen LogP contribution in [-0.2, 0) is 4.79 Å². The molecule has 134 valence electrons. The van der Waals surface area contributed by atoms with Crippen LogP contribution >= 0.6 is 11.6 Å². The lowest BCUT2D eigenvalue weighted by Crippen LogP contribution is -2.32. The molecule has 0 saturated carbocycles. The van der Waals surface area contributed by atoms with Gasteiger partial charge in [-0.15, -0.1) is 0 Å². The molecule has 5 heteroatoms. The molecule has 0 spiro atoms. The third-order valence-corrected chi connectivity index (χ3v) is 4.34. The van der Waals surface area contributed by atoms with E-state index in [9.17, 15) is 4.79 Å². The van der Waals surface area contributed by atoms with Gasteiger partial charge in [-0.3, -0.25) is 4.79 Å². The Morgan fingerprint density at radius 3 is 2.62 bits per heavy atom. The average Bonchev–Trinajstić information content (AvgIpc) is 2.66. The second kappa shape index (κ2) is 8.11. The van der Waals surface area contributed by atoms with Gasteiger partial charge in [-0.1, -0.05) is 54.9 Å². The fourth-order valence-electron chi connectivity index (χ4n) is 2.77. The number of carbonyl (C=O) groups is 1. The van der Waals surface area contributed by atoms with Crippen molar-refractivity contribution in [1.29, 1.82) is 0 Å². The molecular formula is C21H20ClNO3. The molecule has 1 amide bonds. The molecule has 4 nitrogen and oxygen atoms in total. The zero-order valence-electron chi connectivity index (χ0n) is 14.7. The van der Waals surface area contributed by atoms with Gasteiger partial charge in [0, 0.05) is 10.4 Å². The number of amides is 1. The number of hydrogen-bond acceptors (Lipinski definition) is 3. The lowest BCUT2D eigenvalue weighted by molar-refractivity contribution is -0.122. The second-order valence-electron chi connectivity index (χ2n) is 5.83. The number of carbonyl (C=O) groups excluding carboxylic acids is 1. The first-order chi connectivity index (χ1) is 12.6. The van der Waals surface area contributed by atoms with E-state index < -0.39 is 6.10 Å². The van der Waals surface area contributed by atoms with Gasteiger partial charge >= 0.3 is 0 Å². The molecule has 0 fully saturated rings. The number of nitrogens with one attached hydrogen (secondary N) is 1. The first-order valence-corrected chi connectivity index (χ1v) is 8.79. The van der Waals surface area contributed by atoms with E-state index in [1.165, 1.54) is 0 Å². The van der Waals surface area contributed by atoms with Crippen molar-refractivity contribution in [2.45, 2.75) is 19.4 Å². The van der Waals surface area contributed by atoms with E-state index in [1.807, 2.05) is 49.4 Å². The van der Waals surface area contributed by atoms with Crippen molar-refractivity contribution in [3.8, 4) is 11.5 Å². The quantitative estimate of drug-likeness (QED) is 0.641. The molecular weight excluding hydrogens is 350 g/mol. The van der Waals surface area contributed by atoms with E-state index in [1.54, 1.807) is 25.3 Å². The fourth-order valence-corrected chi connectivity index (χ4v) is 2.94. The lowest BCUT2D eigenvalue weighted by Gasteiger charge is -2.19. The van der Waals surface area contributed by atoms with Crippen molar-refractivity contribution in [1.82, 2.24) is 0 Å². The Balaban J connectivity index is 1.82. The Bertz CT molecular complexity index is 921. The molecule has 3 aromatic rings. The van der Waals surface area contributed by atoms with Crippen LogP contribution in [0.2, 0.25) is 5.02 Å². The number of rotatable bonds is 6. The number of ether oxygens (including phenoxy) is 2. The molecule has 3 aromatic carbocycles. The highest BCUT2D eigenvalue weighted by atomic mass is 35.5. The lowest BCUT2D eigenvalue weighted by atomic mass is 10.1. The molecule has 0 aliphatic heterocycles. The summed E-state index contributed by atoms with van der Waals surface area (Å²) in [7, 11) is 1.54. The van der Waals surface area contributed by atoms with Gasteiger partial charge in [-0.2, -0.15) is 0 Å². The summed E-state index contributed by atoms with van der Waals surface area (Å²) >= 11 is 6.03. The van der Waals surface area contributed by atoms with Crippen LogP contribution in [0.5, 0.6) is 11.5 Å². The Hall–Kier alpha value is -2.72. The zero-order chi connectivity index (χ0) is 18.5. The molecule has 0 radical (unpaired) electrons. The monoisotopic (exact) mass is 369 g/mol. The summed E-state index contributed by atoms with van der Waals surface area (Å²) in [5, 5.41) is 5.41. The summed E-state index contributed by atoms with van der Waals surface area (Å²) < 4.78 is 11.3. The third-order valence-electron chi connectivity index (χ3n) is 4.10. The van der Waals surface area contributed by atoms with Crippen LogP contribution in [0.15, 0.2) is 60.7 Å². The summed E-state index contributed by atoms with van der Waals surface area (Å²) in [5.74, 6) is 0.979. The molecule has 0 aliphatic rings. The number of hydrogen-bond donors (Lipinski definition) is 1. The van der Waals surface area contributed by atoms with Crippen molar-refractivity contribution < 1.29 is 14.3 Å². The van der Waals surface area contributed by atoms with E-state index in [0.29, 0.717) is 28.6 Å².